The molecular formula is C9H5NO2. The molecule has 0 radical (unpaired) electrons. The average molecular weight is 159 g/mol. The van der Waals surface area contributed by atoms with E-state index in [-0.39, 0.29) is 0 Å². The summed E-state index contributed by atoms with van der Waals surface area (Å²) in [5.74, 6) is 0. The van der Waals surface area contributed by atoms with Crippen molar-refractivity contribution in [1.82, 2.24) is 4.98 Å². The Bertz CT molecular complexity index is 444. The molecule has 58 valence electrons. The molecule has 12 heavy (non-hydrogen) atoms. The molecule has 0 aromatic carbocycles. The second-order valence-corrected chi connectivity index (χ2v) is 2.60. The minimum Gasteiger partial charge on any atom is -0.463 e. The summed E-state index contributed by atoms with van der Waals surface area (Å²) in [6.07, 6.45) is 3.24. The van der Waals surface area contributed by atoms with Gasteiger partial charge in [0.1, 0.15) is 11.0 Å². The summed E-state index contributed by atoms with van der Waals surface area (Å²) >= 11 is 0. The van der Waals surface area contributed by atoms with Crippen molar-refractivity contribution in [1.29, 1.82) is 0 Å². The highest BCUT2D eigenvalue weighted by Crippen LogP contribution is 2.20. The highest BCUT2D eigenvalue weighted by Gasteiger charge is 2.02. The van der Waals surface area contributed by atoms with Crippen LogP contribution in [0.1, 0.15) is 0 Å². The van der Waals surface area contributed by atoms with Gasteiger partial charge in [0, 0.05) is 18.2 Å². The number of fused-ring (bicyclic) bond motifs is 2. The Hall–Kier alpha value is -1.77. The van der Waals surface area contributed by atoms with Crippen LogP contribution in [-0.4, -0.2) is 4.98 Å². The van der Waals surface area contributed by atoms with Crippen molar-refractivity contribution >= 4 is 22.2 Å². The third kappa shape index (κ3) is 0.625. The molecule has 0 aliphatic rings. The fourth-order valence-electron chi connectivity index (χ4n) is 1.28. The lowest BCUT2D eigenvalue weighted by Crippen LogP contribution is -1.72. The molecule has 0 fully saturated rings. The first kappa shape index (κ1) is 5.83. The number of furan rings is 2. The lowest BCUT2D eigenvalue weighted by Gasteiger charge is -1.87. The summed E-state index contributed by atoms with van der Waals surface area (Å²) in [7, 11) is 0. The number of nitrogens with zero attached hydrogens (tertiary/aromatic N) is 1. The van der Waals surface area contributed by atoms with Gasteiger partial charge in [-0.3, -0.25) is 0 Å². The van der Waals surface area contributed by atoms with Gasteiger partial charge in [-0.15, -0.1) is 0 Å². The molecule has 0 amide bonds. The maximum Gasteiger partial charge on any atom is 0.156 e. The van der Waals surface area contributed by atoms with Crippen LogP contribution in [0.5, 0.6) is 0 Å². The van der Waals surface area contributed by atoms with Gasteiger partial charge in [-0.25, -0.2) is 4.98 Å². The van der Waals surface area contributed by atoms with Gasteiger partial charge in [0.05, 0.1) is 12.5 Å². The van der Waals surface area contributed by atoms with Crippen molar-refractivity contribution in [2.75, 3.05) is 0 Å². The van der Waals surface area contributed by atoms with E-state index in [1.807, 2.05) is 18.2 Å². The van der Waals surface area contributed by atoms with Crippen LogP contribution in [0, 0.1) is 0 Å². The van der Waals surface area contributed by atoms with Crippen LogP contribution in [-0.2, 0) is 0 Å². The van der Waals surface area contributed by atoms with Crippen LogP contribution in [0.3, 0.4) is 0 Å². The van der Waals surface area contributed by atoms with Crippen molar-refractivity contribution in [2.24, 2.45) is 0 Å². The average Bonchev–Trinajstić information content (AvgIpc) is 2.64. The topological polar surface area (TPSA) is 39.2 Å². The SMILES string of the molecule is c1cc2nc3ccoc3cc2o1. The standard InChI is InChI=1S/C9H5NO2/c1-3-11-8-5-9-7(2-4-12-9)10-6(1)8/h1-5H. The van der Waals surface area contributed by atoms with Crippen LogP contribution in [0.15, 0.2) is 39.6 Å². The van der Waals surface area contributed by atoms with Crippen LogP contribution < -0.4 is 0 Å². The molecule has 0 unspecified atom stereocenters. The summed E-state index contributed by atoms with van der Waals surface area (Å²) < 4.78 is 10.3. The Kier molecular flexibility index (Phi) is 0.913. The Morgan fingerprint density at radius 1 is 0.917 bits per heavy atom. The molecule has 0 N–H and O–H groups in total. The largest absolute Gasteiger partial charge is 0.463 e. The first-order valence-electron chi connectivity index (χ1n) is 3.65. The van der Waals surface area contributed by atoms with E-state index in [1.54, 1.807) is 12.5 Å². The number of rotatable bonds is 0. The lowest BCUT2D eigenvalue weighted by atomic mass is 10.3. The van der Waals surface area contributed by atoms with Gasteiger partial charge in [0.25, 0.3) is 0 Å². The van der Waals surface area contributed by atoms with Crippen molar-refractivity contribution in [2.45, 2.75) is 0 Å². The third-order valence-electron chi connectivity index (χ3n) is 1.85. The number of pyridine rings is 1. The van der Waals surface area contributed by atoms with Gasteiger partial charge >= 0.3 is 0 Å². The van der Waals surface area contributed by atoms with Gasteiger partial charge in [-0.2, -0.15) is 0 Å². The smallest absolute Gasteiger partial charge is 0.156 e. The molecule has 0 saturated heterocycles. The Labute approximate surface area is 67.6 Å². The maximum atomic E-state index is 5.17. The van der Waals surface area contributed by atoms with E-state index < -0.39 is 0 Å². The predicted octanol–water partition coefficient (Wildman–Crippen LogP) is 2.57. The molecule has 0 bridgehead atoms. The molecule has 0 saturated carbocycles. The zero-order valence-corrected chi connectivity index (χ0v) is 6.15. The zero-order valence-electron chi connectivity index (χ0n) is 6.15. The molecule has 3 nitrogen and oxygen atoms in total. The summed E-state index contributed by atoms with van der Waals surface area (Å²) in [5.41, 5.74) is 3.25. The molecule has 0 aliphatic carbocycles. The van der Waals surface area contributed by atoms with Crippen molar-refractivity contribution in [3.8, 4) is 0 Å². The number of hydrogen-bond acceptors (Lipinski definition) is 3. The highest BCUT2D eigenvalue weighted by molar-refractivity contribution is 5.86. The fraction of sp³-hybridized carbons (Fsp3) is 0. The molecule has 0 atom stereocenters. The molecule has 3 rings (SSSR count). The fourth-order valence-corrected chi connectivity index (χ4v) is 1.28. The molecule has 3 heteroatoms. The highest BCUT2D eigenvalue weighted by atomic mass is 16.3. The van der Waals surface area contributed by atoms with Crippen LogP contribution >= 0.6 is 0 Å². The van der Waals surface area contributed by atoms with Gasteiger partial charge in [0.15, 0.2) is 11.2 Å². The minimum absolute atomic E-state index is 0.762. The van der Waals surface area contributed by atoms with Gasteiger partial charge < -0.3 is 8.83 Å². The first-order chi connectivity index (χ1) is 5.93. The number of aromatic nitrogens is 1. The quantitative estimate of drug-likeness (QED) is 0.506. The monoisotopic (exact) mass is 159 g/mol. The second-order valence-electron chi connectivity index (χ2n) is 2.60. The van der Waals surface area contributed by atoms with Gasteiger partial charge in [0.2, 0.25) is 0 Å². The van der Waals surface area contributed by atoms with Crippen molar-refractivity contribution < 1.29 is 8.83 Å². The van der Waals surface area contributed by atoms with E-state index in [0.29, 0.717) is 0 Å². The summed E-state index contributed by atoms with van der Waals surface area (Å²) in [6.45, 7) is 0. The first-order valence-corrected chi connectivity index (χ1v) is 3.65. The Morgan fingerprint density at radius 3 is 2.08 bits per heavy atom. The van der Waals surface area contributed by atoms with E-state index >= 15 is 0 Å². The normalized spacial score (nSPS) is 11.3. The molecule has 0 spiro atoms. The Balaban J connectivity index is 2.62. The summed E-state index contributed by atoms with van der Waals surface area (Å²) in [5, 5.41) is 0. The minimum atomic E-state index is 0.762. The van der Waals surface area contributed by atoms with E-state index in [2.05, 4.69) is 4.98 Å². The van der Waals surface area contributed by atoms with Crippen LogP contribution in [0.2, 0.25) is 0 Å². The molecule has 3 aromatic heterocycles. The van der Waals surface area contributed by atoms with Crippen LogP contribution in [0.4, 0.5) is 0 Å². The molecule has 3 aromatic rings. The van der Waals surface area contributed by atoms with Crippen LogP contribution in [0.25, 0.3) is 22.2 Å². The Morgan fingerprint density at radius 2 is 1.50 bits per heavy atom. The summed E-state index contributed by atoms with van der Waals surface area (Å²) in [6, 6.07) is 5.52. The van der Waals surface area contributed by atoms with Crippen molar-refractivity contribution in [3.63, 3.8) is 0 Å². The van der Waals surface area contributed by atoms with E-state index in [9.17, 15) is 0 Å². The number of hydrogen-bond donors (Lipinski definition) is 0. The predicted molar refractivity (Wildman–Crippen MR) is 43.8 cm³/mol. The zero-order chi connectivity index (χ0) is 7.97. The van der Waals surface area contributed by atoms with E-state index in [4.69, 9.17) is 8.83 Å². The second kappa shape index (κ2) is 1.88. The maximum absolute atomic E-state index is 5.17. The molecule has 3 heterocycles. The summed E-state index contributed by atoms with van der Waals surface area (Å²) in [4.78, 5) is 4.31. The molecular weight excluding hydrogens is 154 g/mol. The van der Waals surface area contributed by atoms with Gasteiger partial charge in [-0.1, -0.05) is 0 Å². The molecule has 0 aliphatic heterocycles. The third-order valence-corrected chi connectivity index (χ3v) is 1.85. The van der Waals surface area contributed by atoms with E-state index in [0.717, 1.165) is 22.2 Å². The van der Waals surface area contributed by atoms with Gasteiger partial charge in [-0.05, 0) is 0 Å². The van der Waals surface area contributed by atoms with Crippen molar-refractivity contribution in [3.05, 3.63) is 30.7 Å². The lowest BCUT2D eigenvalue weighted by molar-refractivity contribution is 0.603. The van der Waals surface area contributed by atoms with E-state index in [1.165, 1.54) is 0 Å².